The SMILES string of the molecule is CCc1cc(CNc2cc(Br)ccc2Cl)n(CC)n1. The summed E-state index contributed by atoms with van der Waals surface area (Å²) in [7, 11) is 0. The molecule has 0 atom stereocenters. The maximum absolute atomic E-state index is 6.16. The Bertz CT molecular complexity index is 566. The molecule has 2 rings (SSSR count). The van der Waals surface area contributed by atoms with Crippen LogP contribution in [0.1, 0.15) is 25.2 Å². The van der Waals surface area contributed by atoms with E-state index in [4.69, 9.17) is 11.6 Å². The van der Waals surface area contributed by atoms with E-state index in [1.54, 1.807) is 0 Å². The highest BCUT2D eigenvalue weighted by Gasteiger charge is 2.07. The molecule has 0 saturated carbocycles. The van der Waals surface area contributed by atoms with Crippen LogP contribution in [0, 0.1) is 0 Å². The van der Waals surface area contributed by atoms with Crippen LogP contribution in [0.15, 0.2) is 28.7 Å². The van der Waals surface area contributed by atoms with E-state index in [1.165, 1.54) is 5.69 Å². The standard InChI is InChI=1S/C14H17BrClN3/c1-3-11-8-12(19(4-2)18-11)9-17-14-7-10(15)5-6-13(14)16/h5-8,17H,3-4,9H2,1-2H3. The average molecular weight is 343 g/mol. The molecule has 0 saturated heterocycles. The molecule has 1 aromatic carbocycles. The van der Waals surface area contributed by atoms with Gasteiger partial charge in [-0.2, -0.15) is 5.10 Å². The molecule has 19 heavy (non-hydrogen) atoms. The molecule has 2 aromatic rings. The molecule has 0 fully saturated rings. The number of halogens is 2. The minimum absolute atomic E-state index is 0.719. The Morgan fingerprint density at radius 1 is 1.32 bits per heavy atom. The number of hydrogen-bond acceptors (Lipinski definition) is 2. The molecule has 1 aromatic heterocycles. The third-order valence-electron chi connectivity index (χ3n) is 2.96. The van der Waals surface area contributed by atoms with E-state index < -0.39 is 0 Å². The van der Waals surface area contributed by atoms with Crippen molar-refractivity contribution >= 4 is 33.2 Å². The minimum Gasteiger partial charge on any atom is -0.378 e. The van der Waals surface area contributed by atoms with Crippen molar-refractivity contribution in [2.75, 3.05) is 5.32 Å². The van der Waals surface area contributed by atoms with E-state index in [-0.39, 0.29) is 0 Å². The van der Waals surface area contributed by atoms with Crippen LogP contribution < -0.4 is 5.32 Å². The van der Waals surface area contributed by atoms with E-state index in [0.29, 0.717) is 0 Å². The maximum atomic E-state index is 6.16. The van der Waals surface area contributed by atoms with E-state index >= 15 is 0 Å². The maximum Gasteiger partial charge on any atom is 0.0638 e. The second kappa shape index (κ2) is 6.44. The lowest BCUT2D eigenvalue weighted by Crippen LogP contribution is -2.08. The molecule has 0 aliphatic rings. The van der Waals surface area contributed by atoms with E-state index in [2.05, 4.69) is 46.3 Å². The number of aryl methyl sites for hydroxylation is 2. The lowest BCUT2D eigenvalue weighted by Gasteiger charge is -2.10. The Balaban J connectivity index is 2.13. The topological polar surface area (TPSA) is 29.9 Å². The summed E-state index contributed by atoms with van der Waals surface area (Å²) >= 11 is 9.61. The molecule has 0 amide bonds. The fourth-order valence-corrected chi connectivity index (χ4v) is 2.47. The van der Waals surface area contributed by atoms with Crippen LogP contribution in [-0.2, 0) is 19.5 Å². The van der Waals surface area contributed by atoms with Crippen molar-refractivity contribution in [2.45, 2.75) is 33.4 Å². The highest BCUT2D eigenvalue weighted by molar-refractivity contribution is 9.10. The molecule has 5 heteroatoms. The number of benzene rings is 1. The summed E-state index contributed by atoms with van der Waals surface area (Å²) in [5, 5.41) is 8.62. The summed E-state index contributed by atoms with van der Waals surface area (Å²) in [6.45, 7) is 5.81. The fourth-order valence-electron chi connectivity index (χ4n) is 1.92. The van der Waals surface area contributed by atoms with Gasteiger partial charge >= 0.3 is 0 Å². The highest BCUT2D eigenvalue weighted by Crippen LogP contribution is 2.26. The first kappa shape index (κ1) is 14.4. The second-order valence-corrected chi connectivity index (χ2v) is 5.60. The lowest BCUT2D eigenvalue weighted by molar-refractivity contribution is 0.619. The van der Waals surface area contributed by atoms with E-state index in [0.717, 1.165) is 40.4 Å². The van der Waals surface area contributed by atoms with Crippen molar-refractivity contribution in [3.8, 4) is 0 Å². The third-order valence-corrected chi connectivity index (χ3v) is 3.79. The normalized spacial score (nSPS) is 10.7. The fraction of sp³-hybridized carbons (Fsp3) is 0.357. The number of aromatic nitrogens is 2. The Hall–Kier alpha value is -1.00. The van der Waals surface area contributed by atoms with Gasteiger partial charge in [-0.15, -0.1) is 0 Å². The van der Waals surface area contributed by atoms with Gasteiger partial charge in [0.1, 0.15) is 0 Å². The molecule has 0 spiro atoms. The van der Waals surface area contributed by atoms with Crippen LogP contribution >= 0.6 is 27.5 Å². The molecule has 0 bridgehead atoms. The first-order valence-corrected chi connectivity index (χ1v) is 7.55. The smallest absolute Gasteiger partial charge is 0.0638 e. The van der Waals surface area contributed by atoms with Gasteiger partial charge in [-0.3, -0.25) is 4.68 Å². The third kappa shape index (κ3) is 3.51. The average Bonchev–Trinajstić information content (AvgIpc) is 2.82. The molecule has 1 heterocycles. The first-order chi connectivity index (χ1) is 9.13. The lowest BCUT2D eigenvalue weighted by atomic mass is 10.3. The van der Waals surface area contributed by atoms with Crippen LogP contribution in [0.4, 0.5) is 5.69 Å². The summed E-state index contributed by atoms with van der Waals surface area (Å²) in [5.74, 6) is 0. The van der Waals surface area contributed by atoms with Crippen molar-refractivity contribution in [1.82, 2.24) is 9.78 Å². The minimum atomic E-state index is 0.719. The van der Waals surface area contributed by atoms with Gasteiger partial charge in [0.25, 0.3) is 0 Å². The molecule has 102 valence electrons. The number of rotatable bonds is 5. The number of nitrogens with zero attached hydrogens (tertiary/aromatic N) is 2. The first-order valence-electron chi connectivity index (χ1n) is 6.38. The zero-order valence-corrected chi connectivity index (χ0v) is 13.4. The summed E-state index contributed by atoms with van der Waals surface area (Å²) in [5.41, 5.74) is 3.23. The molecule has 1 N–H and O–H groups in total. The monoisotopic (exact) mass is 341 g/mol. The summed E-state index contributed by atoms with van der Waals surface area (Å²) in [4.78, 5) is 0. The second-order valence-electron chi connectivity index (χ2n) is 4.27. The van der Waals surface area contributed by atoms with E-state index in [1.807, 2.05) is 22.9 Å². The molecule has 0 aliphatic carbocycles. The van der Waals surface area contributed by atoms with Crippen LogP contribution in [0.25, 0.3) is 0 Å². The number of anilines is 1. The Kier molecular flexibility index (Phi) is 4.88. The molecular formula is C14H17BrClN3. The van der Waals surface area contributed by atoms with Gasteiger partial charge < -0.3 is 5.32 Å². The summed E-state index contributed by atoms with van der Waals surface area (Å²) < 4.78 is 3.04. The Labute approximate surface area is 127 Å². The zero-order valence-electron chi connectivity index (χ0n) is 11.1. The van der Waals surface area contributed by atoms with Gasteiger partial charge in [-0.1, -0.05) is 34.5 Å². The van der Waals surface area contributed by atoms with Gasteiger partial charge in [0.2, 0.25) is 0 Å². The van der Waals surface area contributed by atoms with Gasteiger partial charge in [0.05, 0.1) is 28.6 Å². The van der Waals surface area contributed by atoms with Gasteiger partial charge in [0.15, 0.2) is 0 Å². The van der Waals surface area contributed by atoms with E-state index in [9.17, 15) is 0 Å². The van der Waals surface area contributed by atoms with Crippen molar-refractivity contribution in [2.24, 2.45) is 0 Å². The molecule has 0 radical (unpaired) electrons. The van der Waals surface area contributed by atoms with Crippen molar-refractivity contribution in [1.29, 1.82) is 0 Å². The number of nitrogens with one attached hydrogen (secondary N) is 1. The van der Waals surface area contributed by atoms with Gasteiger partial charge in [-0.25, -0.2) is 0 Å². The molecule has 3 nitrogen and oxygen atoms in total. The predicted molar refractivity (Wildman–Crippen MR) is 83.8 cm³/mol. The molecule has 0 aliphatic heterocycles. The predicted octanol–water partition coefficient (Wildman–Crippen LogP) is 4.49. The Morgan fingerprint density at radius 3 is 2.79 bits per heavy atom. The van der Waals surface area contributed by atoms with Crippen LogP contribution in [0.3, 0.4) is 0 Å². The van der Waals surface area contributed by atoms with Crippen molar-refractivity contribution < 1.29 is 0 Å². The zero-order chi connectivity index (χ0) is 13.8. The Morgan fingerprint density at radius 2 is 2.11 bits per heavy atom. The van der Waals surface area contributed by atoms with Crippen molar-refractivity contribution in [3.63, 3.8) is 0 Å². The quantitative estimate of drug-likeness (QED) is 0.867. The highest BCUT2D eigenvalue weighted by atomic mass is 79.9. The largest absolute Gasteiger partial charge is 0.378 e. The molecule has 0 unspecified atom stereocenters. The van der Waals surface area contributed by atoms with Crippen molar-refractivity contribution in [3.05, 3.63) is 45.1 Å². The molecular weight excluding hydrogens is 326 g/mol. The van der Waals surface area contributed by atoms with Crippen LogP contribution in [-0.4, -0.2) is 9.78 Å². The summed E-state index contributed by atoms with van der Waals surface area (Å²) in [6, 6.07) is 7.93. The van der Waals surface area contributed by atoms with Gasteiger partial charge in [0, 0.05) is 11.0 Å². The number of hydrogen-bond donors (Lipinski definition) is 1. The summed E-state index contributed by atoms with van der Waals surface area (Å²) in [6.07, 6.45) is 0.956. The van der Waals surface area contributed by atoms with Crippen LogP contribution in [0.5, 0.6) is 0 Å². The van der Waals surface area contributed by atoms with Gasteiger partial charge in [-0.05, 0) is 37.6 Å². The van der Waals surface area contributed by atoms with Crippen LogP contribution in [0.2, 0.25) is 5.02 Å².